The summed E-state index contributed by atoms with van der Waals surface area (Å²) < 4.78 is 0. The van der Waals surface area contributed by atoms with Crippen LogP contribution in [-0.4, -0.2) is 20.6 Å². The first-order chi connectivity index (χ1) is 8.16. The zero-order valence-electron chi connectivity index (χ0n) is 10.2. The molecule has 2 aliphatic rings. The summed E-state index contributed by atoms with van der Waals surface area (Å²) in [7, 11) is 0. The van der Waals surface area contributed by atoms with Gasteiger partial charge in [-0.25, -0.2) is 0 Å². The molecule has 92 valence electrons. The van der Waals surface area contributed by atoms with Crippen LogP contribution in [0.1, 0.15) is 43.5 Å². The average Bonchev–Trinajstić information content (AvgIpc) is 2.28. The van der Waals surface area contributed by atoms with Crippen molar-refractivity contribution in [2.45, 2.75) is 55.1 Å². The summed E-state index contributed by atoms with van der Waals surface area (Å²) in [6.07, 6.45) is 5.61. The molecule has 2 atom stereocenters. The number of pyridine rings is 1. The number of aliphatic hydroxyl groups is 1. The van der Waals surface area contributed by atoms with Crippen molar-refractivity contribution in [3.8, 4) is 0 Å². The number of thioether (sulfide) groups is 1. The van der Waals surface area contributed by atoms with E-state index in [0.29, 0.717) is 10.5 Å². The van der Waals surface area contributed by atoms with Crippen molar-refractivity contribution in [2.24, 2.45) is 0 Å². The Hall–Kier alpha value is -0.540. The van der Waals surface area contributed by atoms with E-state index in [1.165, 1.54) is 19.3 Å². The van der Waals surface area contributed by atoms with Crippen LogP contribution in [0.5, 0.6) is 0 Å². The standard InChI is InChI=1S/C14H19NOS/c1-10-4-2-7-13(15-10)14(16)8-11-5-3-6-12(9-14)17-11/h2,4,7,11-12,16H,3,5-6,8-9H2,1H3. The second-order valence-electron chi connectivity index (χ2n) is 5.42. The Morgan fingerprint density at radius 1 is 1.29 bits per heavy atom. The van der Waals surface area contributed by atoms with E-state index in [1.807, 2.05) is 25.1 Å². The normalized spacial score (nSPS) is 36.8. The molecule has 2 fully saturated rings. The van der Waals surface area contributed by atoms with E-state index >= 15 is 0 Å². The minimum Gasteiger partial charge on any atom is -0.383 e. The first-order valence-corrected chi connectivity index (χ1v) is 7.42. The van der Waals surface area contributed by atoms with Crippen LogP contribution in [0.15, 0.2) is 18.2 Å². The molecule has 1 aromatic rings. The molecule has 3 heterocycles. The van der Waals surface area contributed by atoms with Crippen molar-refractivity contribution < 1.29 is 5.11 Å². The molecule has 0 aromatic carbocycles. The Bertz CT molecular complexity index is 408. The molecule has 1 N–H and O–H groups in total. The average molecular weight is 249 g/mol. The van der Waals surface area contributed by atoms with Crippen LogP contribution in [-0.2, 0) is 5.60 Å². The highest BCUT2D eigenvalue weighted by Gasteiger charge is 2.43. The predicted octanol–water partition coefficient (Wildman–Crippen LogP) is 3.03. The maximum atomic E-state index is 10.9. The first-order valence-electron chi connectivity index (χ1n) is 6.48. The van der Waals surface area contributed by atoms with Crippen LogP contribution in [0.25, 0.3) is 0 Å². The number of hydrogen-bond acceptors (Lipinski definition) is 3. The van der Waals surface area contributed by atoms with Gasteiger partial charge in [-0.1, -0.05) is 12.5 Å². The smallest absolute Gasteiger partial charge is 0.109 e. The van der Waals surface area contributed by atoms with Crippen molar-refractivity contribution in [1.82, 2.24) is 4.98 Å². The molecule has 2 saturated heterocycles. The number of fused-ring (bicyclic) bond motifs is 2. The molecule has 1 aromatic heterocycles. The molecule has 2 nitrogen and oxygen atoms in total. The lowest BCUT2D eigenvalue weighted by Crippen LogP contribution is -2.41. The van der Waals surface area contributed by atoms with Gasteiger partial charge in [0.25, 0.3) is 0 Å². The Labute approximate surface area is 107 Å². The largest absolute Gasteiger partial charge is 0.383 e. The van der Waals surface area contributed by atoms with Gasteiger partial charge >= 0.3 is 0 Å². The molecular weight excluding hydrogens is 230 g/mol. The molecular formula is C14H19NOS. The molecule has 2 unspecified atom stereocenters. The molecule has 17 heavy (non-hydrogen) atoms. The van der Waals surface area contributed by atoms with Gasteiger partial charge in [-0.05, 0) is 44.7 Å². The fraction of sp³-hybridized carbons (Fsp3) is 0.643. The molecule has 0 saturated carbocycles. The first kappa shape index (κ1) is 11.5. The Morgan fingerprint density at radius 2 is 2.00 bits per heavy atom. The highest BCUT2D eigenvalue weighted by atomic mass is 32.2. The van der Waals surface area contributed by atoms with Gasteiger partial charge < -0.3 is 5.11 Å². The second-order valence-corrected chi connectivity index (χ2v) is 7.02. The third-order valence-corrected chi connectivity index (χ3v) is 5.51. The molecule has 0 amide bonds. The summed E-state index contributed by atoms with van der Waals surface area (Å²) >= 11 is 2.09. The van der Waals surface area contributed by atoms with Gasteiger partial charge in [0.2, 0.25) is 0 Å². The van der Waals surface area contributed by atoms with Crippen LogP contribution in [0.2, 0.25) is 0 Å². The van der Waals surface area contributed by atoms with Crippen LogP contribution < -0.4 is 0 Å². The fourth-order valence-corrected chi connectivity index (χ4v) is 5.02. The summed E-state index contributed by atoms with van der Waals surface area (Å²) in [5, 5.41) is 12.2. The van der Waals surface area contributed by atoms with Crippen molar-refractivity contribution in [2.75, 3.05) is 0 Å². The van der Waals surface area contributed by atoms with Crippen molar-refractivity contribution >= 4 is 11.8 Å². The fourth-order valence-electron chi connectivity index (χ4n) is 3.13. The lowest BCUT2D eigenvalue weighted by Gasteiger charge is -2.43. The maximum absolute atomic E-state index is 10.9. The summed E-state index contributed by atoms with van der Waals surface area (Å²) in [6.45, 7) is 1.99. The monoisotopic (exact) mass is 249 g/mol. The van der Waals surface area contributed by atoms with E-state index in [9.17, 15) is 5.11 Å². The number of hydrogen-bond donors (Lipinski definition) is 1. The molecule has 2 aliphatic heterocycles. The van der Waals surface area contributed by atoms with Crippen LogP contribution in [0, 0.1) is 6.92 Å². The summed E-state index contributed by atoms with van der Waals surface area (Å²) in [5.74, 6) is 0. The minimum atomic E-state index is -0.674. The van der Waals surface area contributed by atoms with Gasteiger partial charge in [0.1, 0.15) is 5.60 Å². The SMILES string of the molecule is Cc1cccc(C2(O)CC3CCCC(C2)S3)n1. The highest BCUT2D eigenvalue weighted by molar-refractivity contribution is 8.00. The summed E-state index contributed by atoms with van der Waals surface area (Å²) in [6, 6.07) is 5.98. The van der Waals surface area contributed by atoms with Gasteiger partial charge in [-0.15, -0.1) is 0 Å². The van der Waals surface area contributed by atoms with Gasteiger partial charge in [0, 0.05) is 16.2 Å². The number of aryl methyl sites for hydroxylation is 1. The third-order valence-electron chi connectivity index (χ3n) is 3.93. The Balaban J connectivity index is 1.90. The van der Waals surface area contributed by atoms with Crippen LogP contribution in [0.4, 0.5) is 0 Å². The van der Waals surface area contributed by atoms with E-state index in [2.05, 4.69) is 16.7 Å². The Morgan fingerprint density at radius 3 is 2.65 bits per heavy atom. The van der Waals surface area contributed by atoms with Crippen LogP contribution in [0.3, 0.4) is 0 Å². The quantitative estimate of drug-likeness (QED) is 0.830. The van der Waals surface area contributed by atoms with Gasteiger partial charge in [0.05, 0.1) is 5.69 Å². The van der Waals surface area contributed by atoms with Crippen molar-refractivity contribution in [1.29, 1.82) is 0 Å². The zero-order valence-corrected chi connectivity index (χ0v) is 11.0. The highest BCUT2D eigenvalue weighted by Crippen LogP contribution is 2.48. The van der Waals surface area contributed by atoms with E-state index in [0.717, 1.165) is 24.2 Å². The topological polar surface area (TPSA) is 33.1 Å². The van der Waals surface area contributed by atoms with Crippen molar-refractivity contribution in [3.05, 3.63) is 29.6 Å². The molecule has 0 aliphatic carbocycles. The molecule has 2 bridgehead atoms. The van der Waals surface area contributed by atoms with Crippen LogP contribution >= 0.6 is 11.8 Å². The molecule has 0 spiro atoms. The zero-order chi connectivity index (χ0) is 11.9. The maximum Gasteiger partial charge on any atom is 0.109 e. The molecule has 0 radical (unpaired) electrons. The van der Waals surface area contributed by atoms with E-state index in [-0.39, 0.29) is 0 Å². The van der Waals surface area contributed by atoms with E-state index in [4.69, 9.17) is 0 Å². The lowest BCUT2D eigenvalue weighted by atomic mass is 9.83. The number of aromatic nitrogens is 1. The third kappa shape index (κ3) is 2.23. The molecule has 3 rings (SSSR count). The summed E-state index contributed by atoms with van der Waals surface area (Å²) in [5.41, 5.74) is 1.21. The predicted molar refractivity (Wildman–Crippen MR) is 71.1 cm³/mol. The lowest BCUT2D eigenvalue weighted by molar-refractivity contribution is 0.00393. The van der Waals surface area contributed by atoms with Crippen molar-refractivity contribution in [3.63, 3.8) is 0 Å². The van der Waals surface area contributed by atoms with Gasteiger partial charge in [0.15, 0.2) is 0 Å². The van der Waals surface area contributed by atoms with Gasteiger partial charge in [-0.3, -0.25) is 4.98 Å². The van der Waals surface area contributed by atoms with Gasteiger partial charge in [-0.2, -0.15) is 11.8 Å². The van der Waals surface area contributed by atoms with E-state index in [1.54, 1.807) is 0 Å². The Kier molecular flexibility index (Phi) is 2.91. The minimum absolute atomic E-state index is 0.634. The molecule has 3 heteroatoms. The number of rotatable bonds is 1. The second kappa shape index (κ2) is 4.29. The summed E-state index contributed by atoms with van der Waals surface area (Å²) in [4.78, 5) is 4.54. The van der Waals surface area contributed by atoms with E-state index < -0.39 is 5.60 Å². The number of nitrogens with zero attached hydrogens (tertiary/aromatic N) is 1.